The lowest BCUT2D eigenvalue weighted by atomic mass is 10.1. The van der Waals surface area contributed by atoms with E-state index in [4.69, 9.17) is 11.6 Å². The molecule has 2 aromatic carbocycles. The van der Waals surface area contributed by atoms with Gasteiger partial charge in [-0.1, -0.05) is 29.8 Å². The molecule has 0 saturated carbocycles. The van der Waals surface area contributed by atoms with Gasteiger partial charge in [0, 0.05) is 24.3 Å². The minimum absolute atomic E-state index is 0.0448. The molecule has 132 valence electrons. The Kier molecular flexibility index (Phi) is 7.22. The fourth-order valence-electron chi connectivity index (χ4n) is 2.14. The standard InChI is InChI=1S/C18H20ClFN4O/c1-21-18(22-11-10-13-4-2-3-5-16(13)19)23-12-17(25)24-15-8-6-14(20)7-9-15/h2-9H,10-12H2,1H3,(H,24,25)(H2,21,22,23). The van der Waals surface area contributed by atoms with E-state index in [0.717, 1.165) is 17.0 Å². The van der Waals surface area contributed by atoms with Crippen molar-refractivity contribution >= 4 is 29.2 Å². The fourth-order valence-corrected chi connectivity index (χ4v) is 2.37. The quantitative estimate of drug-likeness (QED) is 0.547. The SMILES string of the molecule is CN=C(NCCc1ccccc1Cl)NCC(=O)Nc1ccc(F)cc1. The predicted molar refractivity (Wildman–Crippen MR) is 99.6 cm³/mol. The van der Waals surface area contributed by atoms with Crippen LogP contribution in [0.1, 0.15) is 5.56 Å². The molecule has 3 N–H and O–H groups in total. The average molecular weight is 363 g/mol. The van der Waals surface area contributed by atoms with Crippen LogP contribution in [0, 0.1) is 5.82 Å². The van der Waals surface area contributed by atoms with Crippen LogP contribution in [-0.4, -0.2) is 32.0 Å². The number of guanidine groups is 1. The molecule has 0 unspecified atom stereocenters. The first-order valence-electron chi connectivity index (χ1n) is 7.82. The molecule has 0 fully saturated rings. The maximum absolute atomic E-state index is 12.8. The molecular formula is C18H20ClFN4O. The van der Waals surface area contributed by atoms with Crippen molar-refractivity contribution in [1.29, 1.82) is 0 Å². The van der Waals surface area contributed by atoms with Crippen LogP contribution in [0.25, 0.3) is 0 Å². The molecule has 0 bridgehead atoms. The largest absolute Gasteiger partial charge is 0.356 e. The summed E-state index contributed by atoms with van der Waals surface area (Å²) in [5, 5.41) is 9.44. The van der Waals surface area contributed by atoms with Crippen molar-refractivity contribution in [3.05, 3.63) is 64.9 Å². The van der Waals surface area contributed by atoms with Crippen LogP contribution < -0.4 is 16.0 Å². The molecule has 2 rings (SSSR count). The van der Waals surface area contributed by atoms with Gasteiger partial charge >= 0.3 is 0 Å². The molecule has 0 aliphatic rings. The van der Waals surface area contributed by atoms with Crippen molar-refractivity contribution in [2.45, 2.75) is 6.42 Å². The molecule has 0 spiro atoms. The van der Waals surface area contributed by atoms with Crippen molar-refractivity contribution in [2.75, 3.05) is 25.5 Å². The van der Waals surface area contributed by atoms with Crippen LogP contribution in [-0.2, 0) is 11.2 Å². The summed E-state index contributed by atoms with van der Waals surface area (Å²) in [7, 11) is 1.63. The van der Waals surface area contributed by atoms with Gasteiger partial charge in [0.2, 0.25) is 5.91 Å². The Labute approximate surface area is 151 Å². The van der Waals surface area contributed by atoms with Gasteiger partial charge in [-0.05, 0) is 42.3 Å². The number of hydrogen-bond acceptors (Lipinski definition) is 2. The molecule has 1 amide bonds. The van der Waals surface area contributed by atoms with Crippen LogP contribution in [0.5, 0.6) is 0 Å². The van der Waals surface area contributed by atoms with E-state index < -0.39 is 0 Å². The van der Waals surface area contributed by atoms with Gasteiger partial charge in [0.05, 0.1) is 6.54 Å². The molecule has 7 heteroatoms. The number of hydrogen-bond donors (Lipinski definition) is 3. The zero-order valence-electron chi connectivity index (χ0n) is 13.9. The van der Waals surface area contributed by atoms with Crippen molar-refractivity contribution < 1.29 is 9.18 Å². The van der Waals surface area contributed by atoms with Crippen LogP contribution in [0.3, 0.4) is 0 Å². The molecular weight excluding hydrogens is 343 g/mol. The predicted octanol–water partition coefficient (Wildman–Crippen LogP) is 2.83. The number of carbonyl (C=O) groups excluding carboxylic acids is 1. The first kappa shape index (κ1) is 18.7. The van der Waals surface area contributed by atoms with Crippen molar-refractivity contribution in [3.8, 4) is 0 Å². The average Bonchev–Trinajstić information content (AvgIpc) is 2.61. The number of rotatable bonds is 6. The Morgan fingerprint density at radius 2 is 1.84 bits per heavy atom. The lowest BCUT2D eigenvalue weighted by Crippen LogP contribution is -2.42. The lowest BCUT2D eigenvalue weighted by Gasteiger charge is -2.12. The van der Waals surface area contributed by atoms with Crippen LogP contribution in [0.2, 0.25) is 5.02 Å². The van der Waals surface area contributed by atoms with E-state index in [1.807, 2.05) is 24.3 Å². The van der Waals surface area contributed by atoms with Crippen LogP contribution >= 0.6 is 11.6 Å². The second-order valence-electron chi connectivity index (χ2n) is 5.25. The normalized spacial score (nSPS) is 11.1. The van der Waals surface area contributed by atoms with Crippen LogP contribution in [0.15, 0.2) is 53.5 Å². The third kappa shape index (κ3) is 6.43. The third-order valence-corrected chi connectivity index (χ3v) is 3.78. The van der Waals surface area contributed by atoms with Crippen molar-refractivity contribution in [1.82, 2.24) is 10.6 Å². The maximum atomic E-state index is 12.8. The Balaban J connectivity index is 1.73. The summed E-state index contributed by atoms with van der Waals surface area (Å²) in [6.45, 7) is 0.673. The highest BCUT2D eigenvalue weighted by Gasteiger charge is 2.05. The third-order valence-electron chi connectivity index (χ3n) is 3.41. The smallest absolute Gasteiger partial charge is 0.243 e. The van der Waals surface area contributed by atoms with E-state index in [0.29, 0.717) is 18.2 Å². The minimum Gasteiger partial charge on any atom is -0.356 e. The number of amides is 1. The molecule has 0 saturated heterocycles. The van der Waals surface area contributed by atoms with E-state index in [-0.39, 0.29) is 18.3 Å². The van der Waals surface area contributed by atoms with Gasteiger partial charge in [0.25, 0.3) is 0 Å². The van der Waals surface area contributed by atoms with Gasteiger partial charge in [-0.15, -0.1) is 0 Å². The van der Waals surface area contributed by atoms with Gasteiger partial charge in [-0.2, -0.15) is 0 Å². The fraction of sp³-hybridized carbons (Fsp3) is 0.222. The van der Waals surface area contributed by atoms with E-state index >= 15 is 0 Å². The Hall–Kier alpha value is -2.60. The molecule has 5 nitrogen and oxygen atoms in total. The number of nitrogens with zero attached hydrogens (tertiary/aromatic N) is 1. The first-order valence-corrected chi connectivity index (χ1v) is 8.19. The summed E-state index contributed by atoms with van der Waals surface area (Å²) in [4.78, 5) is 16.0. The van der Waals surface area contributed by atoms with Crippen molar-refractivity contribution in [3.63, 3.8) is 0 Å². The second-order valence-corrected chi connectivity index (χ2v) is 5.66. The summed E-state index contributed by atoms with van der Waals surface area (Å²) in [6, 6.07) is 13.2. The zero-order valence-corrected chi connectivity index (χ0v) is 14.6. The summed E-state index contributed by atoms with van der Waals surface area (Å²) < 4.78 is 12.8. The number of halogens is 2. The summed E-state index contributed by atoms with van der Waals surface area (Å²) in [5.41, 5.74) is 1.58. The highest BCUT2D eigenvalue weighted by Crippen LogP contribution is 2.14. The lowest BCUT2D eigenvalue weighted by molar-refractivity contribution is -0.115. The molecule has 0 atom stereocenters. The minimum atomic E-state index is -0.348. The number of benzene rings is 2. The number of carbonyl (C=O) groups is 1. The van der Waals surface area contributed by atoms with Gasteiger partial charge in [-0.25, -0.2) is 4.39 Å². The van der Waals surface area contributed by atoms with E-state index in [1.165, 1.54) is 24.3 Å². The maximum Gasteiger partial charge on any atom is 0.243 e. The molecule has 0 aromatic heterocycles. The van der Waals surface area contributed by atoms with E-state index in [1.54, 1.807) is 7.05 Å². The van der Waals surface area contributed by atoms with Gasteiger partial charge in [-0.3, -0.25) is 9.79 Å². The molecule has 0 aliphatic carbocycles. The number of anilines is 1. The molecule has 25 heavy (non-hydrogen) atoms. The Morgan fingerprint density at radius 1 is 1.12 bits per heavy atom. The summed E-state index contributed by atoms with van der Waals surface area (Å²) in [6.07, 6.45) is 0.738. The molecule has 0 aliphatic heterocycles. The van der Waals surface area contributed by atoms with Gasteiger partial charge in [0.15, 0.2) is 5.96 Å². The monoisotopic (exact) mass is 362 g/mol. The van der Waals surface area contributed by atoms with Gasteiger partial charge < -0.3 is 16.0 Å². The molecule has 2 aromatic rings. The number of nitrogens with one attached hydrogen (secondary N) is 3. The highest BCUT2D eigenvalue weighted by molar-refractivity contribution is 6.31. The van der Waals surface area contributed by atoms with E-state index in [2.05, 4.69) is 20.9 Å². The van der Waals surface area contributed by atoms with Crippen LogP contribution in [0.4, 0.5) is 10.1 Å². The highest BCUT2D eigenvalue weighted by atomic mass is 35.5. The molecule has 0 heterocycles. The van der Waals surface area contributed by atoms with E-state index in [9.17, 15) is 9.18 Å². The summed E-state index contributed by atoms with van der Waals surface area (Å²) >= 11 is 6.11. The Bertz CT molecular complexity index is 734. The molecule has 0 radical (unpaired) electrons. The van der Waals surface area contributed by atoms with Gasteiger partial charge in [0.1, 0.15) is 5.82 Å². The van der Waals surface area contributed by atoms with Crippen molar-refractivity contribution in [2.24, 2.45) is 4.99 Å². The summed E-state index contributed by atoms with van der Waals surface area (Å²) in [5.74, 6) is -0.0822. The first-order chi connectivity index (χ1) is 12.1. The Morgan fingerprint density at radius 3 is 2.52 bits per heavy atom. The second kappa shape index (κ2) is 9.64. The zero-order chi connectivity index (χ0) is 18.1. The number of aliphatic imine (C=N–C) groups is 1. The topological polar surface area (TPSA) is 65.5 Å².